The van der Waals surface area contributed by atoms with Crippen molar-refractivity contribution in [2.75, 3.05) is 0 Å². The molecular weight excluding hydrogens is 278 g/mol. The second-order valence-corrected chi connectivity index (χ2v) is 4.10. The number of hydrogen-bond donors (Lipinski definition) is 0. The number of ether oxygens (including phenoxy) is 1. The van der Waals surface area contributed by atoms with E-state index in [1.165, 1.54) is 24.3 Å². The lowest BCUT2D eigenvalue weighted by molar-refractivity contribution is 0.461. The Morgan fingerprint density at radius 2 is 2.00 bits per heavy atom. The van der Waals surface area contributed by atoms with E-state index in [-0.39, 0.29) is 21.8 Å². The highest BCUT2D eigenvalue weighted by Gasteiger charge is 2.07. The highest BCUT2D eigenvalue weighted by atomic mass is 35.5. The highest BCUT2D eigenvalue weighted by Crippen LogP contribution is 2.29. The van der Waals surface area contributed by atoms with Gasteiger partial charge in [-0.05, 0) is 24.3 Å². The molecule has 0 amide bonds. The normalized spacial score (nSPS) is 9.89. The van der Waals surface area contributed by atoms with Crippen molar-refractivity contribution in [2.45, 2.75) is 0 Å². The number of halogens is 3. The van der Waals surface area contributed by atoms with E-state index in [1.807, 2.05) is 6.07 Å². The summed E-state index contributed by atoms with van der Waals surface area (Å²) >= 11 is 11.5. The Morgan fingerprint density at radius 3 is 2.67 bits per heavy atom. The Labute approximate surface area is 112 Å². The lowest BCUT2D eigenvalue weighted by Gasteiger charge is -2.07. The molecule has 1 aromatic carbocycles. The fourth-order valence-corrected chi connectivity index (χ4v) is 1.67. The first kappa shape index (κ1) is 12.6. The van der Waals surface area contributed by atoms with Crippen LogP contribution in [-0.2, 0) is 0 Å². The summed E-state index contributed by atoms with van der Waals surface area (Å²) in [5.41, 5.74) is 0.309. The van der Waals surface area contributed by atoms with Crippen molar-refractivity contribution in [1.82, 2.24) is 4.98 Å². The molecule has 0 saturated carbocycles. The first-order valence-electron chi connectivity index (χ1n) is 4.79. The predicted octanol–water partition coefficient (Wildman–Crippen LogP) is 4.19. The second-order valence-electron chi connectivity index (χ2n) is 3.31. The summed E-state index contributed by atoms with van der Waals surface area (Å²) < 4.78 is 18.2. The Balaban J connectivity index is 2.34. The average Bonchev–Trinajstić information content (AvgIpc) is 2.32. The minimum Gasteiger partial charge on any atom is -0.437 e. The first-order chi connectivity index (χ1) is 8.58. The zero-order valence-electron chi connectivity index (χ0n) is 8.82. The molecule has 6 heteroatoms. The van der Waals surface area contributed by atoms with E-state index in [0.717, 1.165) is 6.07 Å². The zero-order chi connectivity index (χ0) is 13.1. The summed E-state index contributed by atoms with van der Waals surface area (Å²) in [6.07, 6.45) is 0. The molecule has 0 radical (unpaired) electrons. The summed E-state index contributed by atoms with van der Waals surface area (Å²) in [5.74, 6) is -0.117. The van der Waals surface area contributed by atoms with Gasteiger partial charge in [-0.3, -0.25) is 0 Å². The fourth-order valence-electron chi connectivity index (χ4n) is 1.26. The second kappa shape index (κ2) is 5.21. The number of pyridine rings is 1. The molecule has 18 heavy (non-hydrogen) atoms. The quantitative estimate of drug-likeness (QED) is 0.776. The van der Waals surface area contributed by atoms with E-state index in [0.29, 0.717) is 5.56 Å². The molecule has 0 bridgehead atoms. The van der Waals surface area contributed by atoms with E-state index < -0.39 is 5.82 Å². The zero-order valence-corrected chi connectivity index (χ0v) is 10.3. The smallest absolute Gasteiger partial charge is 0.222 e. The molecule has 0 spiro atoms. The fraction of sp³-hybridized carbons (Fsp3) is 0. The minimum absolute atomic E-state index is 0.107. The van der Waals surface area contributed by atoms with Crippen LogP contribution in [-0.4, -0.2) is 4.98 Å². The number of rotatable bonds is 2. The maximum absolute atomic E-state index is 12.8. The van der Waals surface area contributed by atoms with Crippen LogP contribution in [0.2, 0.25) is 10.2 Å². The largest absolute Gasteiger partial charge is 0.437 e. The van der Waals surface area contributed by atoms with E-state index in [4.69, 9.17) is 33.2 Å². The molecule has 0 N–H and O–H groups in total. The molecule has 2 rings (SSSR count). The third-order valence-electron chi connectivity index (χ3n) is 2.01. The van der Waals surface area contributed by atoms with Crippen molar-refractivity contribution in [1.29, 1.82) is 5.26 Å². The first-order valence-corrected chi connectivity index (χ1v) is 5.54. The highest BCUT2D eigenvalue weighted by molar-refractivity contribution is 6.32. The van der Waals surface area contributed by atoms with Gasteiger partial charge in [0.25, 0.3) is 0 Å². The van der Waals surface area contributed by atoms with Gasteiger partial charge in [0.15, 0.2) is 0 Å². The van der Waals surface area contributed by atoms with Crippen LogP contribution in [0, 0.1) is 17.1 Å². The van der Waals surface area contributed by atoms with Gasteiger partial charge in [-0.25, -0.2) is 9.37 Å². The molecule has 0 atom stereocenters. The third kappa shape index (κ3) is 2.89. The van der Waals surface area contributed by atoms with Crippen LogP contribution in [0.5, 0.6) is 11.6 Å². The Kier molecular flexibility index (Phi) is 3.66. The molecule has 0 unspecified atom stereocenters. The van der Waals surface area contributed by atoms with Crippen LogP contribution in [0.1, 0.15) is 5.56 Å². The van der Waals surface area contributed by atoms with Crippen molar-refractivity contribution in [2.24, 2.45) is 0 Å². The Bertz CT molecular complexity index is 640. The van der Waals surface area contributed by atoms with Crippen molar-refractivity contribution in [3.05, 3.63) is 51.9 Å². The van der Waals surface area contributed by atoms with Crippen molar-refractivity contribution in [3.8, 4) is 17.7 Å². The molecule has 0 aliphatic rings. The van der Waals surface area contributed by atoms with E-state index >= 15 is 0 Å². The van der Waals surface area contributed by atoms with Gasteiger partial charge in [0.05, 0.1) is 16.7 Å². The average molecular weight is 283 g/mol. The van der Waals surface area contributed by atoms with Crippen molar-refractivity contribution in [3.63, 3.8) is 0 Å². The summed E-state index contributed by atoms with van der Waals surface area (Å²) in [6.45, 7) is 0. The summed E-state index contributed by atoms with van der Waals surface area (Å²) in [7, 11) is 0. The van der Waals surface area contributed by atoms with Gasteiger partial charge in [0.2, 0.25) is 5.88 Å². The van der Waals surface area contributed by atoms with Gasteiger partial charge in [-0.2, -0.15) is 5.26 Å². The number of benzene rings is 1. The van der Waals surface area contributed by atoms with E-state index in [1.54, 1.807) is 0 Å². The molecule has 3 nitrogen and oxygen atoms in total. The maximum atomic E-state index is 12.8. The topological polar surface area (TPSA) is 45.9 Å². The molecule has 1 heterocycles. The van der Waals surface area contributed by atoms with Crippen molar-refractivity contribution < 1.29 is 9.13 Å². The molecule has 90 valence electrons. The molecular formula is C12H5Cl2FN2O. The summed E-state index contributed by atoms with van der Waals surface area (Å²) in [6, 6.07) is 8.42. The summed E-state index contributed by atoms with van der Waals surface area (Å²) in [5, 5.41) is 9.01. The molecule has 1 aromatic heterocycles. The van der Waals surface area contributed by atoms with Gasteiger partial charge in [-0.1, -0.05) is 23.2 Å². The van der Waals surface area contributed by atoms with Crippen LogP contribution in [0.4, 0.5) is 4.39 Å². The minimum atomic E-state index is -0.468. The van der Waals surface area contributed by atoms with Gasteiger partial charge >= 0.3 is 0 Å². The van der Waals surface area contributed by atoms with E-state index in [2.05, 4.69) is 4.98 Å². The summed E-state index contributed by atoms with van der Waals surface area (Å²) in [4.78, 5) is 3.88. The molecule has 0 fully saturated rings. The SMILES string of the molecule is N#Cc1cc(Cl)nc(Oc2ccc(F)cc2Cl)c1. The lowest BCUT2D eigenvalue weighted by atomic mass is 10.3. The molecule has 0 saturated heterocycles. The maximum Gasteiger partial charge on any atom is 0.222 e. The Morgan fingerprint density at radius 1 is 1.22 bits per heavy atom. The number of aromatic nitrogens is 1. The molecule has 0 aliphatic heterocycles. The van der Waals surface area contributed by atoms with Gasteiger partial charge in [0.1, 0.15) is 16.7 Å². The van der Waals surface area contributed by atoms with Crippen LogP contribution >= 0.6 is 23.2 Å². The number of nitriles is 1. The van der Waals surface area contributed by atoms with Gasteiger partial charge < -0.3 is 4.74 Å². The lowest BCUT2D eigenvalue weighted by Crippen LogP contribution is -1.91. The number of nitrogens with zero attached hydrogens (tertiary/aromatic N) is 2. The third-order valence-corrected chi connectivity index (χ3v) is 2.50. The number of hydrogen-bond acceptors (Lipinski definition) is 3. The molecule has 2 aromatic rings. The van der Waals surface area contributed by atoms with E-state index in [9.17, 15) is 4.39 Å². The monoisotopic (exact) mass is 282 g/mol. The van der Waals surface area contributed by atoms with Crippen LogP contribution in [0.3, 0.4) is 0 Å². The van der Waals surface area contributed by atoms with Crippen molar-refractivity contribution >= 4 is 23.2 Å². The van der Waals surface area contributed by atoms with Crippen LogP contribution in [0.15, 0.2) is 30.3 Å². The Hall–Kier alpha value is -1.83. The van der Waals surface area contributed by atoms with Crippen LogP contribution < -0.4 is 4.74 Å². The van der Waals surface area contributed by atoms with Gasteiger partial charge in [-0.15, -0.1) is 0 Å². The predicted molar refractivity (Wildman–Crippen MR) is 65.4 cm³/mol. The van der Waals surface area contributed by atoms with Gasteiger partial charge in [0, 0.05) is 6.07 Å². The molecule has 0 aliphatic carbocycles. The van der Waals surface area contributed by atoms with Crippen LogP contribution in [0.25, 0.3) is 0 Å². The standard InChI is InChI=1S/C12H5Cl2FN2O/c13-9-5-8(15)1-2-10(9)18-12-4-7(6-16)3-11(14)17-12/h1-5H.